The number of pyridine rings is 1. The molecule has 28 heavy (non-hydrogen) atoms. The number of carbonyl (C=O) groups excluding carboxylic acids is 1. The Morgan fingerprint density at radius 2 is 2.25 bits per heavy atom. The number of fused-ring (bicyclic) bond motifs is 1. The minimum absolute atomic E-state index is 0.0838. The van der Waals surface area contributed by atoms with E-state index in [0.29, 0.717) is 6.54 Å². The highest BCUT2D eigenvalue weighted by Crippen LogP contribution is 2.31. The van der Waals surface area contributed by atoms with Crippen molar-refractivity contribution < 1.29 is 9.32 Å². The Labute approximate surface area is 168 Å². The molecule has 3 aromatic rings. The van der Waals surface area contributed by atoms with Crippen LogP contribution in [0.25, 0.3) is 0 Å². The van der Waals surface area contributed by atoms with Gasteiger partial charge in [-0.3, -0.25) is 14.7 Å². The molecule has 0 spiro atoms. The Morgan fingerprint density at radius 1 is 1.39 bits per heavy atom. The molecule has 0 aromatic carbocycles. The third-order valence-electron chi connectivity index (χ3n) is 5.31. The Kier molecular flexibility index (Phi) is 5.28. The first kappa shape index (κ1) is 18.8. The molecule has 1 aliphatic rings. The van der Waals surface area contributed by atoms with Gasteiger partial charge in [-0.2, -0.15) is 0 Å². The van der Waals surface area contributed by atoms with E-state index in [1.165, 1.54) is 16.0 Å². The van der Waals surface area contributed by atoms with Crippen LogP contribution < -0.4 is 0 Å². The van der Waals surface area contributed by atoms with Crippen molar-refractivity contribution in [1.29, 1.82) is 0 Å². The number of carbonyl (C=O) groups is 1. The maximum absolute atomic E-state index is 13.0. The fraction of sp³-hybridized carbons (Fsp3) is 0.381. The van der Waals surface area contributed by atoms with E-state index in [4.69, 9.17) is 4.52 Å². The van der Waals surface area contributed by atoms with E-state index in [0.717, 1.165) is 48.6 Å². The van der Waals surface area contributed by atoms with Crippen LogP contribution in [0.1, 0.15) is 43.4 Å². The molecule has 7 heteroatoms. The largest absolute Gasteiger partial charge is 0.361 e. The fourth-order valence-electron chi connectivity index (χ4n) is 3.69. The van der Waals surface area contributed by atoms with Crippen molar-refractivity contribution in [3.05, 3.63) is 68.5 Å². The highest BCUT2D eigenvalue weighted by Gasteiger charge is 2.26. The predicted molar refractivity (Wildman–Crippen MR) is 108 cm³/mol. The molecule has 4 rings (SSSR count). The van der Waals surface area contributed by atoms with Gasteiger partial charge in [0, 0.05) is 61.4 Å². The van der Waals surface area contributed by atoms with Crippen molar-refractivity contribution in [1.82, 2.24) is 19.9 Å². The van der Waals surface area contributed by atoms with Gasteiger partial charge in [0.15, 0.2) is 0 Å². The van der Waals surface area contributed by atoms with Crippen molar-refractivity contribution in [3.8, 4) is 0 Å². The van der Waals surface area contributed by atoms with Crippen LogP contribution in [-0.4, -0.2) is 39.4 Å². The number of nitrogens with zero attached hydrogens (tertiary/aromatic N) is 4. The Morgan fingerprint density at radius 3 is 2.96 bits per heavy atom. The number of thiophene rings is 1. The van der Waals surface area contributed by atoms with Gasteiger partial charge >= 0.3 is 0 Å². The van der Waals surface area contributed by atoms with Crippen LogP contribution in [-0.2, 0) is 26.1 Å². The second-order valence-electron chi connectivity index (χ2n) is 7.34. The quantitative estimate of drug-likeness (QED) is 0.660. The minimum atomic E-state index is 0.0838. The van der Waals surface area contributed by atoms with Gasteiger partial charge in [-0.25, -0.2) is 0 Å². The fourth-order valence-corrected chi connectivity index (χ4v) is 4.80. The SMILES string of the molecule is Cc1noc(C)c1CN1CCc2c(C(=O)N(C)Cc3cccnc3)csc2C1. The Bertz CT molecular complexity index is 960. The van der Waals surface area contributed by atoms with Crippen molar-refractivity contribution >= 4 is 17.2 Å². The highest BCUT2D eigenvalue weighted by atomic mass is 32.1. The van der Waals surface area contributed by atoms with E-state index in [2.05, 4.69) is 15.0 Å². The summed E-state index contributed by atoms with van der Waals surface area (Å²) >= 11 is 1.69. The summed E-state index contributed by atoms with van der Waals surface area (Å²) in [5.41, 5.74) is 5.23. The molecule has 1 aliphatic heterocycles. The number of rotatable bonds is 5. The first-order valence-corrected chi connectivity index (χ1v) is 10.3. The molecule has 4 heterocycles. The van der Waals surface area contributed by atoms with E-state index in [-0.39, 0.29) is 5.91 Å². The van der Waals surface area contributed by atoms with Gasteiger partial charge < -0.3 is 9.42 Å². The summed E-state index contributed by atoms with van der Waals surface area (Å²) in [5, 5.41) is 6.07. The molecule has 0 saturated carbocycles. The average molecular weight is 397 g/mol. The lowest BCUT2D eigenvalue weighted by Crippen LogP contribution is -2.32. The van der Waals surface area contributed by atoms with Crippen LogP contribution in [0.15, 0.2) is 34.4 Å². The molecule has 0 fully saturated rings. The lowest BCUT2D eigenvalue weighted by molar-refractivity contribution is 0.0783. The number of hydrogen-bond donors (Lipinski definition) is 0. The molecule has 0 unspecified atom stereocenters. The molecule has 0 radical (unpaired) electrons. The lowest BCUT2D eigenvalue weighted by Gasteiger charge is -2.27. The van der Waals surface area contributed by atoms with Gasteiger partial charge in [0.1, 0.15) is 5.76 Å². The molecule has 0 atom stereocenters. The zero-order chi connectivity index (χ0) is 19.7. The van der Waals surface area contributed by atoms with Crippen LogP contribution in [0.5, 0.6) is 0 Å². The summed E-state index contributed by atoms with van der Waals surface area (Å²) < 4.78 is 5.29. The van der Waals surface area contributed by atoms with E-state index in [9.17, 15) is 4.79 Å². The molecule has 0 bridgehead atoms. The smallest absolute Gasteiger partial charge is 0.255 e. The Hall–Kier alpha value is -2.51. The summed E-state index contributed by atoms with van der Waals surface area (Å²) in [6.07, 6.45) is 4.44. The van der Waals surface area contributed by atoms with Crippen LogP contribution in [0, 0.1) is 13.8 Å². The molecule has 1 amide bonds. The molecule has 6 nitrogen and oxygen atoms in total. The zero-order valence-electron chi connectivity index (χ0n) is 16.4. The van der Waals surface area contributed by atoms with Crippen molar-refractivity contribution in [3.63, 3.8) is 0 Å². The monoisotopic (exact) mass is 396 g/mol. The van der Waals surface area contributed by atoms with Gasteiger partial charge in [0.25, 0.3) is 5.91 Å². The van der Waals surface area contributed by atoms with Crippen molar-refractivity contribution in [2.24, 2.45) is 0 Å². The summed E-state index contributed by atoms with van der Waals surface area (Å²) in [6.45, 7) is 7.15. The van der Waals surface area contributed by atoms with Gasteiger partial charge in [0.05, 0.1) is 11.3 Å². The molecule has 0 saturated heterocycles. The van der Waals surface area contributed by atoms with Gasteiger partial charge in [-0.05, 0) is 37.5 Å². The first-order valence-electron chi connectivity index (χ1n) is 9.40. The standard InChI is InChI=1S/C21H24N4O2S/c1-14-18(15(2)27-23-14)11-25-8-6-17-19(13-28-20(17)12-25)21(26)24(3)10-16-5-4-7-22-9-16/h4-5,7,9,13H,6,8,10-12H2,1-3H3. The number of aromatic nitrogens is 2. The minimum Gasteiger partial charge on any atom is -0.361 e. The second-order valence-corrected chi connectivity index (χ2v) is 8.30. The summed E-state index contributed by atoms with van der Waals surface area (Å²) in [4.78, 5) is 22.6. The number of amides is 1. The van der Waals surface area contributed by atoms with Gasteiger partial charge in [-0.15, -0.1) is 11.3 Å². The summed E-state index contributed by atoms with van der Waals surface area (Å²) in [7, 11) is 1.85. The van der Waals surface area contributed by atoms with Crippen molar-refractivity contribution in [2.75, 3.05) is 13.6 Å². The Balaban J connectivity index is 1.45. The third kappa shape index (κ3) is 3.72. The lowest BCUT2D eigenvalue weighted by atomic mass is 10.0. The van der Waals surface area contributed by atoms with Crippen LogP contribution in [0.2, 0.25) is 0 Å². The van der Waals surface area contributed by atoms with Crippen LogP contribution in [0.3, 0.4) is 0 Å². The average Bonchev–Trinajstić information content (AvgIpc) is 3.26. The van der Waals surface area contributed by atoms with E-state index in [1.807, 2.05) is 38.4 Å². The van der Waals surface area contributed by atoms with E-state index >= 15 is 0 Å². The van der Waals surface area contributed by atoms with Crippen LogP contribution in [0.4, 0.5) is 0 Å². The highest BCUT2D eigenvalue weighted by molar-refractivity contribution is 7.10. The maximum atomic E-state index is 13.0. The third-order valence-corrected chi connectivity index (χ3v) is 6.32. The molecule has 3 aromatic heterocycles. The van der Waals surface area contributed by atoms with E-state index in [1.54, 1.807) is 28.6 Å². The molecule has 0 aliphatic carbocycles. The topological polar surface area (TPSA) is 62.5 Å². The maximum Gasteiger partial charge on any atom is 0.255 e. The first-order chi connectivity index (χ1) is 13.5. The number of hydrogen-bond acceptors (Lipinski definition) is 6. The summed E-state index contributed by atoms with van der Waals surface area (Å²) in [6, 6.07) is 3.89. The van der Waals surface area contributed by atoms with Gasteiger partial charge in [0.2, 0.25) is 0 Å². The molecular formula is C21H24N4O2S. The predicted octanol–water partition coefficient (Wildman–Crippen LogP) is 3.58. The van der Waals surface area contributed by atoms with Crippen molar-refractivity contribution in [2.45, 2.75) is 39.9 Å². The zero-order valence-corrected chi connectivity index (χ0v) is 17.3. The van der Waals surface area contributed by atoms with Gasteiger partial charge in [-0.1, -0.05) is 11.2 Å². The summed E-state index contributed by atoms with van der Waals surface area (Å²) in [5.74, 6) is 0.975. The van der Waals surface area contributed by atoms with E-state index < -0.39 is 0 Å². The molecular weight excluding hydrogens is 372 g/mol. The molecule has 146 valence electrons. The van der Waals surface area contributed by atoms with Crippen LogP contribution >= 0.6 is 11.3 Å². The molecule has 0 N–H and O–H groups in total. The number of aryl methyl sites for hydroxylation is 2. The second kappa shape index (κ2) is 7.85. The normalized spacial score (nSPS) is 14.1.